The van der Waals surface area contributed by atoms with Crippen molar-refractivity contribution in [1.82, 2.24) is 20.9 Å². The molecule has 0 aromatic heterocycles. The molecule has 0 aromatic carbocycles. The van der Waals surface area contributed by atoms with Crippen molar-refractivity contribution in [3.05, 3.63) is 0 Å². The summed E-state index contributed by atoms with van der Waals surface area (Å²) in [4.78, 5) is 52.9. The Kier molecular flexibility index (Phi) is 6.86. The first-order chi connectivity index (χ1) is 15.7. The van der Waals surface area contributed by atoms with Gasteiger partial charge in [-0.05, 0) is 50.9 Å². The number of carboxylic acids is 1. The molecule has 4 amide bonds. The molecular formula is C24H38N4O5. The molecule has 1 saturated heterocycles. The predicted molar refractivity (Wildman–Crippen MR) is 121 cm³/mol. The highest BCUT2D eigenvalue weighted by molar-refractivity contribution is 5.89. The number of urea groups is 1. The lowest BCUT2D eigenvalue weighted by Gasteiger charge is -2.48. The fourth-order valence-corrected chi connectivity index (χ4v) is 5.84. The van der Waals surface area contributed by atoms with Crippen LogP contribution >= 0.6 is 0 Å². The summed E-state index contributed by atoms with van der Waals surface area (Å²) in [5.41, 5.74) is -1.04. The van der Waals surface area contributed by atoms with Crippen LogP contribution in [0.15, 0.2) is 0 Å². The van der Waals surface area contributed by atoms with Crippen LogP contribution in [0.5, 0.6) is 0 Å². The molecule has 33 heavy (non-hydrogen) atoms. The maximum Gasteiger partial charge on any atom is 0.315 e. The van der Waals surface area contributed by atoms with Gasteiger partial charge >= 0.3 is 12.0 Å². The van der Waals surface area contributed by atoms with Crippen LogP contribution in [0.3, 0.4) is 0 Å². The van der Waals surface area contributed by atoms with Gasteiger partial charge in [-0.1, -0.05) is 33.1 Å². The van der Waals surface area contributed by atoms with Gasteiger partial charge in [-0.25, -0.2) is 4.79 Å². The molecule has 0 unspecified atom stereocenters. The third-order valence-corrected chi connectivity index (χ3v) is 8.10. The Bertz CT molecular complexity index is 786. The van der Waals surface area contributed by atoms with E-state index in [0.717, 1.165) is 44.9 Å². The van der Waals surface area contributed by atoms with E-state index in [1.165, 1.54) is 0 Å². The fraction of sp³-hybridized carbons (Fsp3) is 0.833. The van der Waals surface area contributed by atoms with Gasteiger partial charge in [-0.2, -0.15) is 0 Å². The second-order valence-electron chi connectivity index (χ2n) is 10.8. The lowest BCUT2D eigenvalue weighted by molar-refractivity contribution is -0.164. The van der Waals surface area contributed by atoms with Crippen LogP contribution in [0.1, 0.15) is 78.1 Å². The maximum absolute atomic E-state index is 13.7. The van der Waals surface area contributed by atoms with Crippen molar-refractivity contribution in [2.24, 2.45) is 17.3 Å². The minimum Gasteiger partial charge on any atom is -0.481 e. The summed E-state index contributed by atoms with van der Waals surface area (Å²) in [5, 5.41) is 19.0. The van der Waals surface area contributed by atoms with Crippen LogP contribution in [-0.2, 0) is 14.4 Å². The van der Waals surface area contributed by atoms with Crippen molar-refractivity contribution < 1.29 is 24.3 Å². The number of carbonyl (C=O) groups excluding carboxylic acids is 3. The molecule has 3 saturated carbocycles. The van der Waals surface area contributed by atoms with Gasteiger partial charge in [0.2, 0.25) is 11.8 Å². The molecular weight excluding hydrogens is 424 g/mol. The van der Waals surface area contributed by atoms with Gasteiger partial charge < -0.3 is 26.0 Å². The topological polar surface area (TPSA) is 128 Å². The number of nitrogens with zero attached hydrogens (tertiary/aromatic N) is 1. The SMILES string of the molecule is CC(C)[C@H](NC(=O)NC1CCCC1)C(=O)N1CC[C@H](NC(=O)C2CC2)[C@H]1C1(C(=O)O)CCC1. The quantitative estimate of drug-likeness (QED) is 0.439. The van der Waals surface area contributed by atoms with Gasteiger partial charge in [0, 0.05) is 18.5 Å². The third kappa shape index (κ3) is 4.82. The molecule has 0 spiro atoms. The number of nitrogens with one attached hydrogen (secondary N) is 3. The minimum atomic E-state index is -1.04. The van der Waals surface area contributed by atoms with E-state index in [1.807, 2.05) is 13.8 Å². The summed E-state index contributed by atoms with van der Waals surface area (Å²) in [6, 6.07) is -1.93. The van der Waals surface area contributed by atoms with Crippen molar-refractivity contribution in [1.29, 1.82) is 0 Å². The van der Waals surface area contributed by atoms with Gasteiger partial charge in [0.05, 0.1) is 17.5 Å². The molecule has 184 valence electrons. The van der Waals surface area contributed by atoms with Crippen LogP contribution in [0.4, 0.5) is 4.79 Å². The van der Waals surface area contributed by atoms with E-state index in [1.54, 1.807) is 4.90 Å². The number of likely N-dealkylation sites (tertiary alicyclic amines) is 1. The Morgan fingerprint density at radius 2 is 1.61 bits per heavy atom. The molecule has 4 fully saturated rings. The van der Waals surface area contributed by atoms with Crippen LogP contribution in [0, 0.1) is 17.3 Å². The second-order valence-corrected chi connectivity index (χ2v) is 10.8. The first-order valence-electron chi connectivity index (χ1n) is 12.6. The molecule has 4 rings (SSSR count). The van der Waals surface area contributed by atoms with Crippen LogP contribution < -0.4 is 16.0 Å². The monoisotopic (exact) mass is 462 g/mol. The Morgan fingerprint density at radius 1 is 0.939 bits per heavy atom. The van der Waals surface area contributed by atoms with E-state index >= 15 is 0 Å². The van der Waals surface area contributed by atoms with Crippen LogP contribution in [0.25, 0.3) is 0 Å². The van der Waals surface area contributed by atoms with Gasteiger partial charge in [0.25, 0.3) is 0 Å². The van der Waals surface area contributed by atoms with E-state index in [4.69, 9.17) is 0 Å². The highest BCUT2D eigenvalue weighted by atomic mass is 16.4. The lowest BCUT2D eigenvalue weighted by Crippen LogP contribution is -2.64. The summed E-state index contributed by atoms with van der Waals surface area (Å²) in [6.07, 6.45) is 8.14. The van der Waals surface area contributed by atoms with Crippen molar-refractivity contribution in [2.45, 2.75) is 102 Å². The van der Waals surface area contributed by atoms with Crippen LogP contribution in [-0.4, -0.2) is 64.5 Å². The number of hydrogen-bond donors (Lipinski definition) is 4. The number of carbonyl (C=O) groups is 4. The Labute approximate surface area is 195 Å². The molecule has 0 aromatic rings. The summed E-state index contributed by atoms with van der Waals surface area (Å²) >= 11 is 0. The Balaban J connectivity index is 1.51. The predicted octanol–water partition coefficient (Wildman–Crippen LogP) is 2.00. The van der Waals surface area contributed by atoms with E-state index in [2.05, 4.69) is 16.0 Å². The normalized spacial score (nSPS) is 27.7. The van der Waals surface area contributed by atoms with E-state index < -0.39 is 23.5 Å². The standard InChI is InChI=1S/C24H38N4O5/c1-14(2)18(27-23(33)25-16-6-3-4-7-16)21(30)28-13-10-17(26-20(29)15-8-9-15)19(28)24(22(31)32)11-5-12-24/h14-19H,3-13H2,1-2H3,(H,26,29)(H,31,32)(H2,25,27,33)/t17-,18-,19-/m0/s1. The highest BCUT2D eigenvalue weighted by Crippen LogP contribution is 2.49. The van der Waals surface area contributed by atoms with Gasteiger partial charge in [-0.3, -0.25) is 14.4 Å². The molecule has 0 bridgehead atoms. The molecule has 9 nitrogen and oxygen atoms in total. The first-order valence-corrected chi connectivity index (χ1v) is 12.6. The van der Waals surface area contributed by atoms with E-state index in [0.29, 0.717) is 25.8 Å². The summed E-state index contributed by atoms with van der Waals surface area (Å²) in [7, 11) is 0. The Hall–Kier alpha value is -2.32. The molecule has 3 atom stereocenters. The second kappa shape index (κ2) is 9.50. The molecule has 1 heterocycles. The van der Waals surface area contributed by atoms with Crippen LogP contribution in [0.2, 0.25) is 0 Å². The smallest absolute Gasteiger partial charge is 0.315 e. The summed E-state index contributed by atoms with van der Waals surface area (Å²) < 4.78 is 0. The highest BCUT2D eigenvalue weighted by Gasteiger charge is 2.59. The zero-order chi connectivity index (χ0) is 23.8. The largest absolute Gasteiger partial charge is 0.481 e. The minimum absolute atomic E-state index is 0.0157. The molecule has 0 radical (unpaired) electrons. The summed E-state index contributed by atoms with van der Waals surface area (Å²) in [6.45, 7) is 4.14. The average Bonchev–Trinajstić information content (AvgIpc) is 3.32. The Morgan fingerprint density at radius 3 is 2.12 bits per heavy atom. The fourth-order valence-electron chi connectivity index (χ4n) is 5.84. The van der Waals surface area contributed by atoms with Crippen molar-refractivity contribution in [3.8, 4) is 0 Å². The van der Waals surface area contributed by atoms with E-state index in [9.17, 15) is 24.3 Å². The number of rotatable bonds is 8. The van der Waals surface area contributed by atoms with E-state index in [-0.39, 0.29) is 41.8 Å². The number of aliphatic carboxylic acids is 1. The molecule has 9 heteroatoms. The molecule has 4 N–H and O–H groups in total. The zero-order valence-corrected chi connectivity index (χ0v) is 19.8. The van der Waals surface area contributed by atoms with Gasteiger partial charge in [0.15, 0.2) is 0 Å². The van der Waals surface area contributed by atoms with Gasteiger partial charge in [-0.15, -0.1) is 0 Å². The molecule has 4 aliphatic rings. The number of hydrogen-bond acceptors (Lipinski definition) is 4. The average molecular weight is 463 g/mol. The van der Waals surface area contributed by atoms with Crippen molar-refractivity contribution in [2.75, 3.05) is 6.54 Å². The van der Waals surface area contributed by atoms with Gasteiger partial charge in [0.1, 0.15) is 6.04 Å². The molecule has 3 aliphatic carbocycles. The zero-order valence-electron chi connectivity index (χ0n) is 19.8. The number of amides is 4. The summed E-state index contributed by atoms with van der Waals surface area (Å²) in [5.74, 6) is -1.34. The number of carboxylic acid groups (broad SMARTS) is 1. The first kappa shape index (κ1) is 23.8. The van der Waals surface area contributed by atoms with Crippen molar-refractivity contribution >= 4 is 23.8 Å². The maximum atomic E-state index is 13.7. The third-order valence-electron chi connectivity index (χ3n) is 8.10. The lowest BCUT2D eigenvalue weighted by atomic mass is 9.62. The molecule has 1 aliphatic heterocycles. The van der Waals surface area contributed by atoms with Crippen molar-refractivity contribution in [3.63, 3.8) is 0 Å².